The van der Waals surface area contributed by atoms with Crippen molar-refractivity contribution in [3.8, 4) is 5.75 Å². The van der Waals surface area contributed by atoms with Crippen LogP contribution in [0.4, 0.5) is 10.1 Å². The number of hydrogen-bond acceptors (Lipinski definition) is 3. The Labute approximate surface area is 122 Å². The van der Waals surface area contributed by atoms with Crippen molar-refractivity contribution < 1.29 is 18.7 Å². The number of rotatable bonds is 3. The van der Waals surface area contributed by atoms with Gasteiger partial charge in [-0.25, -0.2) is 4.39 Å². The van der Waals surface area contributed by atoms with Crippen molar-refractivity contribution in [1.29, 1.82) is 0 Å². The van der Waals surface area contributed by atoms with E-state index in [1.807, 2.05) is 0 Å². The number of nitrogens with zero attached hydrogens (tertiary/aromatic N) is 1. The van der Waals surface area contributed by atoms with E-state index in [1.54, 1.807) is 6.92 Å². The molecule has 1 heterocycles. The predicted molar refractivity (Wildman–Crippen MR) is 74.6 cm³/mol. The fraction of sp³-hybridized carbons (Fsp3) is 0.467. The maximum atomic E-state index is 13.5. The summed E-state index contributed by atoms with van der Waals surface area (Å²) in [5, 5.41) is 2.78. The molecular formula is C15H17FN2O3. The maximum absolute atomic E-state index is 13.5. The molecular weight excluding hydrogens is 275 g/mol. The highest BCUT2D eigenvalue weighted by Crippen LogP contribution is 2.36. The first-order valence-corrected chi connectivity index (χ1v) is 7.00. The molecule has 2 aliphatic rings. The van der Waals surface area contributed by atoms with E-state index in [2.05, 4.69) is 5.32 Å². The third-order valence-corrected chi connectivity index (χ3v) is 4.07. The van der Waals surface area contributed by atoms with Crippen molar-refractivity contribution in [2.24, 2.45) is 5.92 Å². The number of carbonyl (C=O) groups excluding carboxylic acids is 2. The minimum atomic E-state index is -0.623. The molecule has 21 heavy (non-hydrogen) atoms. The Bertz CT molecular complexity index is 601. The standard InChI is InChI=1S/C15H17FN2O3/c1-8-14(19)17-13(9-3-4-9)15(20)18(8)10-5-6-11(16)12(7-10)21-2/h5-9,13H,3-4H2,1-2H3,(H,17,19). The van der Waals surface area contributed by atoms with Gasteiger partial charge in [-0.05, 0) is 37.8 Å². The highest BCUT2D eigenvalue weighted by atomic mass is 19.1. The average Bonchev–Trinajstić information content (AvgIpc) is 3.29. The summed E-state index contributed by atoms with van der Waals surface area (Å²) < 4.78 is 18.5. The number of benzene rings is 1. The van der Waals surface area contributed by atoms with Gasteiger partial charge in [-0.15, -0.1) is 0 Å². The Balaban J connectivity index is 1.97. The van der Waals surface area contributed by atoms with Gasteiger partial charge in [0.1, 0.15) is 12.1 Å². The van der Waals surface area contributed by atoms with Crippen LogP contribution in [0.5, 0.6) is 5.75 Å². The van der Waals surface area contributed by atoms with Gasteiger partial charge in [0.25, 0.3) is 5.91 Å². The van der Waals surface area contributed by atoms with Crippen LogP contribution in [-0.4, -0.2) is 31.0 Å². The molecule has 0 radical (unpaired) electrons. The second-order valence-corrected chi connectivity index (χ2v) is 5.53. The second-order valence-electron chi connectivity index (χ2n) is 5.53. The van der Waals surface area contributed by atoms with E-state index in [0.717, 1.165) is 12.8 Å². The molecule has 3 rings (SSSR count). The molecule has 112 valence electrons. The van der Waals surface area contributed by atoms with Crippen molar-refractivity contribution in [2.45, 2.75) is 31.8 Å². The van der Waals surface area contributed by atoms with Gasteiger partial charge in [0.15, 0.2) is 11.6 Å². The predicted octanol–water partition coefficient (Wildman–Crippen LogP) is 1.46. The SMILES string of the molecule is COc1cc(N2C(=O)C(C3CC3)NC(=O)C2C)ccc1F. The summed E-state index contributed by atoms with van der Waals surface area (Å²) in [6.07, 6.45) is 1.90. The minimum absolute atomic E-state index is 0.0569. The Morgan fingerprint density at radius 3 is 2.67 bits per heavy atom. The zero-order chi connectivity index (χ0) is 15.1. The van der Waals surface area contributed by atoms with Crippen molar-refractivity contribution in [3.05, 3.63) is 24.0 Å². The number of hydrogen-bond donors (Lipinski definition) is 1. The van der Waals surface area contributed by atoms with Gasteiger partial charge in [-0.1, -0.05) is 0 Å². The molecule has 1 aromatic rings. The summed E-state index contributed by atoms with van der Waals surface area (Å²) in [7, 11) is 1.36. The van der Waals surface area contributed by atoms with Crippen LogP contribution >= 0.6 is 0 Å². The third-order valence-electron chi connectivity index (χ3n) is 4.07. The van der Waals surface area contributed by atoms with Gasteiger partial charge in [0, 0.05) is 11.8 Å². The van der Waals surface area contributed by atoms with Gasteiger partial charge >= 0.3 is 0 Å². The van der Waals surface area contributed by atoms with E-state index in [-0.39, 0.29) is 23.5 Å². The molecule has 2 fully saturated rings. The van der Waals surface area contributed by atoms with Crippen LogP contribution in [0.15, 0.2) is 18.2 Å². The number of amides is 2. The Kier molecular flexibility index (Phi) is 3.31. The smallest absolute Gasteiger partial charge is 0.250 e. The van der Waals surface area contributed by atoms with Gasteiger partial charge in [-0.3, -0.25) is 14.5 Å². The van der Waals surface area contributed by atoms with Crippen LogP contribution in [0.2, 0.25) is 0 Å². The van der Waals surface area contributed by atoms with Gasteiger partial charge in [0.05, 0.1) is 7.11 Å². The number of methoxy groups -OCH3 is 1. The topological polar surface area (TPSA) is 58.6 Å². The molecule has 1 saturated carbocycles. The number of anilines is 1. The average molecular weight is 292 g/mol. The second kappa shape index (κ2) is 5.02. The highest BCUT2D eigenvalue weighted by molar-refractivity contribution is 6.08. The zero-order valence-electron chi connectivity index (χ0n) is 11.9. The number of carbonyl (C=O) groups is 2. The molecule has 0 aromatic heterocycles. The van der Waals surface area contributed by atoms with Gasteiger partial charge < -0.3 is 10.1 Å². The minimum Gasteiger partial charge on any atom is -0.494 e. The molecule has 0 spiro atoms. The number of halogens is 1. The molecule has 0 bridgehead atoms. The van der Waals surface area contributed by atoms with Crippen molar-refractivity contribution in [3.63, 3.8) is 0 Å². The maximum Gasteiger partial charge on any atom is 0.250 e. The molecule has 1 aliphatic heterocycles. The first kappa shape index (κ1) is 13.9. The van der Waals surface area contributed by atoms with E-state index in [9.17, 15) is 14.0 Å². The van der Waals surface area contributed by atoms with Crippen LogP contribution in [0, 0.1) is 11.7 Å². The Morgan fingerprint density at radius 2 is 2.05 bits per heavy atom. The van der Waals surface area contributed by atoms with E-state index in [0.29, 0.717) is 5.69 Å². The monoisotopic (exact) mass is 292 g/mol. The highest BCUT2D eigenvalue weighted by Gasteiger charge is 2.46. The molecule has 1 aromatic carbocycles. The summed E-state index contributed by atoms with van der Waals surface area (Å²) in [5.74, 6) is -0.546. The lowest BCUT2D eigenvalue weighted by Gasteiger charge is -2.37. The lowest BCUT2D eigenvalue weighted by Crippen LogP contribution is -2.63. The Hall–Kier alpha value is -2.11. The van der Waals surface area contributed by atoms with Crippen molar-refractivity contribution in [1.82, 2.24) is 5.32 Å². The molecule has 1 N–H and O–H groups in total. The van der Waals surface area contributed by atoms with Crippen LogP contribution in [0.25, 0.3) is 0 Å². The largest absolute Gasteiger partial charge is 0.494 e. The third kappa shape index (κ3) is 2.34. The number of ether oxygens (including phenoxy) is 1. The number of nitrogens with one attached hydrogen (secondary N) is 1. The summed E-state index contributed by atoms with van der Waals surface area (Å²) >= 11 is 0. The van der Waals surface area contributed by atoms with E-state index in [4.69, 9.17) is 4.74 Å². The summed E-state index contributed by atoms with van der Waals surface area (Å²) in [4.78, 5) is 26.1. The molecule has 5 nitrogen and oxygen atoms in total. The summed E-state index contributed by atoms with van der Waals surface area (Å²) in [6.45, 7) is 1.66. The molecule has 2 unspecified atom stereocenters. The zero-order valence-corrected chi connectivity index (χ0v) is 11.9. The van der Waals surface area contributed by atoms with Crippen LogP contribution in [-0.2, 0) is 9.59 Å². The van der Waals surface area contributed by atoms with Gasteiger partial charge in [0.2, 0.25) is 5.91 Å². The number of piperazine rings is 1. The summed E-state index contributed by atoms with van der Waals surface area (Å²) in [6, 6.07) is 3.10. The lowest BCUT2D eigenvalue weighted by atomic mass is 10.0. The van der Waals surface area contributed by atoms with Crippen molar-refractivity contribution in [2.75, 3.05) is 12.0 Å². The molecule has 1 aliphatic carbocycles. The summed E-state index contributed by atoms with van der Waals surface area (Å²) in [5.41, 5.74) is 0.478. The van der Waals surface area contributed by atoms with Crippen LogP contribution in [0.3, 0.4) is 0 Å². The van der Waals surface area contributed by atoms with E-state index >= 15 is 0 Å². The normalized spacial score (nSPS) is 25.8. The first-order chi connectivity index (χ1) is 10.0. The van der Waals surface area contributed by atoms with E-state index in [1.165, 1.54) is 30.2 Å². The van der Waals surface area contributed by atoms with Crippen molar-refractivity contribution >= 4 is 17.5 Å². The van der Waals surface area contributed by atoms with Gasteiger partial charge in [-0.2, -0.15) is 0 Å². The molecule has 2 atom stereocenters. The fourth-order valence-electron chi connectivity index (χ4n) is 2.69. The first-order valence-electron chi connectivity index (χ1n) is 7.00. The molecule has 6 heteroatoms. The van der Waals surface area contributed by atoms with Crippen LogP contribution < -0.4 is 15.0 Å². The van der Waals surface area contributed by atoms with Crippen LogP contribution in [0.1, 0.15) is 19.8 Å². The Morgan fingerprint density at radius 1 is 1.33 bits per heavy atom. The fourth-order valence-corrected chi connectivity index (χ4v) is 2.69. The quantitative estimate of drug-likeness (QED) is 0.917. The molecule has 2 amide bonds. The van der Waals surface area contributed by atoms with E-state index < -0.39 is 17.9 Å². The lowest BCUT2D eigenvalue weighted by molar-refractivity contribution is -0.134. The molecule has 1 saturated heterocycles.